The van der Waals surface area contributed by atoms with Crippen molar-refractivity contribution >= 4 is 29.1 Å². The number of hydrogen-bond donors (Lipinski definition) is 0. The average molecular weight is 379 g/mol. The van der Waals surface area contributed by atoms with Gasteiger partial charge in [-0.15, -0.1) is 5.10 Å². The van der Waals surface area contributed by atoms with Crippen LogP contribution in [-0.2, 0) is 11.2 Å². The molecule has 0 N–H and O–H groups in total. The Labute approximate surface area is 156 Å². The summed E-state index contributed by atoms with van der Waals surface area (Å²) in [6, 6.07) is 5.66. The van der Waals surface area contributed by atoms with Crippen molar-refractivity contribution in [1.29, 1.82) is 0 Å². The van der Waals surface area contributed by atoms with Crippen LogP contribution >= 0.6 is 23.2 Å². The summed E-state index contributed by atoms with van der Waals surface area (Å²) in [6.45, 7) is 1.46. The fraction of sp³-hybridized carbons (Fsp3) is 0.500. The topological polar surface area (TPSA) is 51.0 Å². The number of amides is 1. The van der Waals surface area contributed by atoms with Gasteiger partial charge in [0.2, 0.25) is 5.91 Å². The van der Waals surface area contributed by atoms with Gasteiger partial charge in [0, 0.05) is 41.7 Å². The quantitative estimate of drug-likeness (QED) is 0.793. The third kappa shape index (κ3) is 3.67. The van der Waals surface area contributed by atoms with E-state index in [4.69, 9.17) is 23.2 Å². The Balaban J connectivity index is 1.34. The Morgan fingerprint density at radius 1 is 1.20 bits per heavy atom. The number of rotatable bonds is 5. The van der Waals surface area contributed by atoms with E-state index in [0.29, 0.717) is 35.3 Å². The summed E-state index contributed by atoms with van der Waals surface area (Å²) < 4.78 is 1.94. The molecule has 2 heterocycles. The van der Waals surface area contributed by atoms with E-state index < -0.39 is 0 Å². The van der Waals surface area contributed by atoms with E-state index in [0.717, 1.165) is 24.2 Å². The average Bonchev–Trinajstić information content (AvgIpc) is 3.12. The third-order valence-electron chi connectivity index (χ3n) is 5.06. The zero-order chi connectivity index (χ0) is 17.4. The first-order valence-corrected chi connectivity index (χ1v) is 9.50. The zero-order valence-corrected chi connectivity index (χ0v) is 15.4. The molecule has 0 bridgehead atoms. The van der Waals surface area contributed by atoms with Crippen molar-refractivity contribution in [2.75, 3.05) is 13.1 Å². The lowest BCUT2D eigenvalue weighted by atomic mass is 10.1. The second-order valence-corrected chi connectivity index (χ2v) is 7.69. The summed E-state index contributed by atoms with van der Waals surface area (Å²) in [4.78, 5) is 14.4. The van der Waals surface area contributed by atoms with Crippen molar-refractivity contribution in [2.45, 2.75) is 44.1 Å². The Morgan fingerprint density at radius 3 is 2.68 bits per heavy atom. The Bertz CT molecular complexity index is 767. The van der Waals surface area contributed by atoms with E-state index in [2.05, 4.69) is 16.5 Å². The molecule has 25 heavy (non-hydrogen) atoms. The van der Waals surface area contributed by atoms with E-state index in [-0.39, 0.29) is 11.9 Å². The molecule has 4 rings (SSSR count). The van der Waals surface area contributed by atoms with Gasteiger partial charge in [0.15, 0.2) is 0 Å². The number of likely N-dealkylation sites (tertiary alicyclic amines) is 1. The van der Waals surface area contributed by atoms with Gasteiger partial charge in [0.25, 0.3) is 0 Å². The van der Waals surface area contributed by atoms with Gasteiger partial charge < -0.3 is 4.90 Å². The number of halogens is 2. The molecule has 5 nitrogen and oxygen atoms in total. The van der Waals surface area contributed by atoms with Crippen molar-refractivity contribution in [3.63, 3.8) is 0 Å². The maximum Gasteiger partial charge on any atom is 0.222 e. The van der Waals surface area contributed by atoms with Crippen LogP contribution in [-0.4, -0.2) is 38.9 Å². The highest BCUT2D eigenvalue weighted by molar-refractivity contribution is 6.36. The second kappa shape index (κ2) is 6.96. The number of carbonyl (C=O) groups is 1. The summed E-state index contributed by atoms with van der Waals surface area (Å²) >= 11 is 12.4. The number of benzene rings is 1. The van der Waals surface area contributed by atoms with Crippen LogP contribution in [0.4, 0.5) is 0 Å². The van der Waals surface area contributed by atoms with Gasteiger partial charge in [-0.3, -0.25) is 4.79 Å². The zero-order valence-electron chi connectivity index (χ0n) is 13.9. The molecule has 1 atom stereocenters. The molecule has 132 valence electrons. The maximum absolute atomic E-state index is 12.5. The van der Waals surface area contributed by atoms with Gasteiger partial charge in [-0.05, 0) is 43.4 Å². The van der Waals surface area contributed by atoms with Crippen molar-refractivity contribution in [1.82, 2.24) is 19.9 Å². The molecule has 0 spiro atoms. The Morgan fingerprint density at radius 2 is 1.96 bits per heavy atom. The van der Waals surface area contributed by atoms with Crippen LogP contribution in [0.15, 0.2) is 24.4 Å². The van der Waals surface area contributed by atoms with Gasteiger partial charge in [-0.25, -0.2) is 4.68 Å². The van der Waals surface area contributed by atoms with Crippen molar-refractivity contribution < 1.29 is 4.79 Å². The summed E-state index contributed by atoms with van der Waals surface area (Å²) in [7, 11) is 0. The fourth-order valence-corrected chi connectivity index (χ4v) is 3.97. The van der Waals surface area contributed by atoms with Crippen LogP contribution in [0, 0.1) is 0 Å². The first-order valence-electron chi connectivity index (χ1n) is 8.74. The molecule has 7 heteroatoms. The predicted molar refractivity (Wildman–Crippen MR) is 97.0 cm³/mol. The third-order valence-corrected chi connectivity index (χ3v) is 5.77. The lowest BCUT2D eigenvalue weighted by Crippen LogP contribution is -2.29. The molecule has 2 fully saturated rings. The van der Waals surface area contributed by atoms with Gasteiger partial charge >= 0.3 is 0 Å². The number of hydrogen-bond acceptors (Lipinski definition) is 3. The van der Waals surface area contributed by atoms with E-state index >= 15 is 0 Å². The van der Waals surface area contributed by atoms with Crippen molar-refractivity contribution in [2.24, 2.45) is 0 Å². The van der Waals surface area contributed by atoms with E-state index in [1.165, 1.54) is 12.8 Å². The minimum Gasteiger partial charge on any atom is -0.340 e. The Hall–Kier alpha value is -1.59. The minimum atomic E-state index is 0.140. The van der Waals surface area contributed by atoms with Crippen LogP contribution in [0.5, 0.6) is 0 Å². The molecule has 1 aliphatic heterocycles. The molecular weight excluding hydrogens is 359 g/mol. The first-order chi connectivity index (χ1) is 12.1. The van der Waals surface area contributed by atoms with Crippen LogP contribution < -0.4 is 0 Å². The smallest absolute Gasteiger partial charge is 0.222 e. The SMILES string of the molecule is O=C(CCc1c(Cl)cccc1Cl)N1CCC(n2cc(C3CC3)nn2)C1. The van der Waals surface area contributed by atoms with Gasteiger partial charge in [0.05, 0.1) is 11.7 Å². The minimum absolute atomic E-state index is 0.140. The van der Waals surface area contributed by atoms with Crippen LogP contribution in [0.1, 0.15) is 48.9 Å². The van der Waals surface area contributed by atoms with Crippen molar-refractivity contribution in [3.8, 4) is 0 Å². The molecule has 1 saturated carbocycles. The summed E-state index contributed by atoms with van der Waals surface area (Å²) in [5.74, 6) is 0.745. The van der Waals surface area contributed by atoms with Crippen LogP contribution in [0.3, 0.4) is 0 Å². The molecule has 0 radical (unpaired) electrons. The van der Waals surface area contributed by atoms with Crippen LogP contribution in [0.25, 0.3) is 0 Å². The van der Waals surface area contributed by atoms with Gasteiger partial charge in [-0.2, -0.15) is 0 Å². The summed E-state index contributed by atoms with van der Waals surface area (Å²) in [6.07, 6.45) is 6.40. The highest BCUT2D eigenvalue weighted by Crippen LogP contribution is 2.39. The van der Waals surface area contributed by atoms with E-state index in [9.17, 15) is 4.79 Å². The van der Waals surface area contributed by atoms with Crippen LogP contribution in [0.2, 0.25) is 10.0 Å². The molecule has 1 saturated heterocycles. The lowest BCUT2D eigenvalue weighted by Gasteiger charge is -2.17. The first kappa shape index (κ1) is 16.9. The van der Waals surface area contributed by atoms with Gasteiger partial charge in [-0.1, -0.05) is 34.5 Å². The molecule has 1 aromatic heterocycles. The molecule has 1 aliphatic carbocycles. The highest BCUT2D eigenvalue weighted by Gasteiger charge is 2.31. The van der Waals surface area contributed by atoms with Crippen molar-refractivity contribution in [3.05, 3.63) is 45.7 Å². The van der Waals surface area contributed by atoms with E-state index in [1.54, 1.807) is 12.1 Å². The molecule has 1 unspecified atom stereocenters. The normalized spacial score (nSPS) is 20.2. The number of nitrogens with zero attached hydrogens (tertiary/aromatic N) is 4. The molecular formula is C18H20Cl2N4O. The predicted octanol–water partition coefficient (Wildman–Crippen LogP) is 3.87. The summed E-state index contributed by atoms with van der Waals surface area (Å²) in [5, 5.41) is 9.77. The standard InChI is InChI=1S/C18H20Cl2N4O/c19-15-2-1-3-16(20)14(15)6-7-18(25)23-9-8-13(10-23)24-11-17(21-22-24)12-4-5-12/h1-3,11-13H,4-10H2. The Kier molecular flexibility index (Phi) is 4.69. The summed E-state index contributed by atoms with van der Waals surface area (Å²) in [5.41, 5.74) is 1.94. The monoisotopic (exact) mass is 378 g/mol. The lowest BCUT2D eigenvalue weighted by molar-refractivity contribution is -0.130. The molecule has 2 aromatic rings. The number of aromatic nitrogens is 3. The number of carbonyl (C=O) groups excluding carboxylic acids is 1. The second-order valence-electron chi connectivity index (χ2n) is 6.88. The maximum atomic E-state index is 12.5. The van der Waals surface area contributed by atoms with Gasteiger partial charge in [0.1, 0.15) is 0 Å². The largest absolute Gasteiger partial charge is 0.340 e. The molecule has 1 aromatic carbocycles. The van der Waals surface area contributed by atoms with E-state index in [1.807, 2.05) is 15.6 Å². The molecule has 2 aliphatic rings. The fourth-order valence-electron chi connectivity index (χ4n) is 3.38. The highest BCUT2D eigenvalue weighted by atomic mass is 35.5. The molecule has 1 amide bonds.